The van der Waals surface area contributed by atoms with Crippen molar-refractivity contribution in [3.63, 3.8) is 0 Å². The van der Waals surface area contributed by atoms with E-state index in [2.05, 4.69) is 5.32 Å². The summed E-state index contributed by atoms with van der Waals surface area (Å²) in [6.07, 6.45) is 2.24. The molecule has 1 N–H and O–H groups in total. The van der Waals surface area contributed by atoms with Gasteiger partial charge in [0.15, 0.2) is 0 Å². The van der Waals surface area contributed by atoms with Crippen molar-refractivity contribution in [3.8, 4) is 0 Å². The van der Waals surface area contributed by atoms with Crippen LogP contribution in [0.2, 0.25) is 0 Å². The van der Waals surface area contributed by atoms with Gasteiger partial charge < -0.3 is 19.7 Å². The minimum absolute atomic E-state index is 0.0415. The summed E-state index contributed by atoms with van der Waals surface area (Å²) in [5.74, 6) is -0.0415. The first kappa shape index (κ1) is 12.2. The van der Waals surface area contributed by atoms with E-state index >= 15 is 0 Å². The van der Waals surface area contributed by atoms with Crippen molar-refractivity contribution in [3.05, 3.63) is 0 Å². The predicted octanol–water partition coefficient (Wildman–Crippen LogP) is 0.124. The Morgan fingerprint density at radius 3 is 3.00 bits per heavy atom. The molecule has 2 aliphatic heterocycles. The molecule has 0 aliphatic carbocycles. The molecule has 0 aromatic rings. The fraction of sp³-hybridized carbons (Fsp3) is 0.818. The number of amides is 2. The van der Waals surface area contributed by atoms with E-state index in [4.69, 9.17) is 9.47 Å². The first-order chi connectivity index (χ1) is 8.25. The monoisotopic (exact) mass is 242 g/mol. The quantitative estimate of drug-likeness (QED) is 0.743. The molecule has 2 aliphatic rings. The van der Waals surface area contributed by atoms with Crippen molar-refractivity contribution in [2.24, 2.45) is 0 Å². The molecule has 6 heteroatoms. The molecule has 2 fully saturated rings. The Labute approximate surface area is 100 Å². The topological polar surface area (TPSA) is 67.9 Å². The predicted molar refractivity (Wildman–Crippen MR) is 59.5 cm³/mol. The maximum atomic E-state index is 11.5. The number of nitrogens with zero attached hydrogens (tertiary/aromatic N) is 1. The Hall–Kier alpha value is -1.30. The molecule has 17 heavy (non-hydrogen) atoms. The van der Waals surface area contributed by atoms with Crippen LogP contribution in [-0.4, -0.2) is 55.9 Å². The zero-order valence-corrected chi connectivity index (χ0v) is 9.81. The van der Waals surface area contributed by atoms with Gasteiger partial charge >= 0.3 is 6.09 Å². The molecule has 0 bridgehead atoms. The van der Waals surface area contributed by atoms with E-state index in [9.17, 15) is 9.59 Å². The van der Waals surface area contributed by atoms with Crippen LogP contribution in [-0.2, 0) is 14.3 Å². The lowest BCUT2D eigenvalue weighted by atomic mass is 10.2. The SMILES string of the molecule is O=C(CCN1CCOC1=O)NCC1CCCO1. The van der Waals surface area contributed by atoms with E-state index in [1.807, 2.05) is 0 Å². The zero-order chi connectivity index (χ0) is 12.1. The Kier molecular flexibility index (Phi) is 4.19. The standard InChI is InChI=1S/C11H18N2O4/c14-10(12-8-9-2-1-6-16-9)3-4-13-5-7-17-11(13)15/h9H,1-8H2,(H,12,14). The van der Waals surface area contributed by atoms with E-state index in [1.165, 1.54) is 0 Å². The van der Waals surface area contributed by atoms with Crippen LogP contribution in [0, 0.1) is 0 Å². The highest BCUT2D eigenvalue weighted by atomic mass is 16.6. The zero-order valence-electron chi connectivity index (χ0n) is 9.81. The van der Waals surface area contributed by atoms with E-state index in [1.54, 1.807) is 4.90 Å². The van der Waals surface area contributed by atoms with Gasteiger partial charge in [-0.15, -0.1) is 0 Å². The Morgan fingerprint density at radius 2 is 2.35 bits per heavy atom. The van der Waals surface area contributed by atoms with Crippen LogP contribution >= 0.6 is 0 Å². The fourth-order valence-corrected chi connectivity index (χ4v) is 1.99. The molecule has 0 spiro atoms. The minimum atomic E-state index is -0.322. The van der Waals surface area contributed by atoms with Gasteiger partial charge in [0.25, 0.3) is 0 Å². The molecule has 96 valence electrons. The number of hydrogen-bond acceptors (Lipinski definition) is 4. The molecule has 1 unspecified atom stereocenters. The van der Waals surface area contributed by atoms with Gasteiger partial charge in [-0.25, -0.2) is 4.79 Å². The van der Waals surface area contributed by atoms with Gasteiger partial charge in [0.2, 0.25) is 5.91 Å². The van der Waals surface area contributed by atoms with Crippen LogP contribution in [0.3, 0.4) is 0 Å². The second kappa shape index (κ2) is 5.86. The van der Waals surface area contributed by atoms with E-state index in [0.29, 0.717) is 32.7 Å². The summed E-state index contributed by atoms with van der Waals surface area (Å²) in [6, 6.07) is 0. The molecule has 2 amide bonds. The first-order valence-corrected chi connectivity index (χ1v) is 6.06. The van der Waals surface area contributed by atoms with Crippen molar-refractivity contribution >= 4 is 12.0 Å². The molecular weight excluding hydrogens is 224 g/mol. The van der Waals surface area contributed by atoms with Crippen LogP contribution in [0.4, 0.5) is 4.79 Å². The maximum absolute atomic E-state index is 11.5. The van der Waals surface area contributed by atoms with Gasteiger partial charge in [-0.1, -0.05) is 0 Å². The number of cyclic esters (lactones) is 1. The van der Waals surface area contributed by atoms with Gasteiger partial charge in [0, 0.05) is 26.1 Å². The number of nitrogens with one attached hydrogen (secondary N) is 1. The summed E-state index contributed by atoms with van der Waals surface area (Å²) < 4.78 is 10.2. The molecule has 2 rings (SSSR count). The van der Waals surface area contributed by atoms with Crippen molar-refractivity contribution in [1.82, 2.24) is 10.2 Å². The third kappa shape index (κ3) is 3.59. The van der Waals surface area contributed by atoms with Crippen LogP contribution in [0.25, 0.3) is 0 Å². The summed E-state index contributed by atoms with van der Waals surface area (Å²) in [7, 11) is 0. The largest absolute Gasteiger partial charge is 0.448 e. The number of ether oxygens (including phenoxy) is 2. The fourth-order valence-electron chi connectivity index (χ4n) is 1.99. The minimum Gasteiger partial charge on any atom is -0.448 e. The summed E-state index contributed by atoms with van der Waals surface area (Å²) >= 11 is 0. The van der Waals surface area contributed by atoms with Gasteiger partial charge in [-0.05, 0) is 12.8 Å². The van der Waals surface area contributed by atoms with Crippen LogP contribution in [0.5, 0.6) is 0 Å². The van der Waals surface area contributed by atoms with Crippen molar-refractivity contribution in [2.45, 2.75) is 25.4 Å². The molecule has 2 heterocycles. The molecule has 0 saturated carbocycles. The number of rotatable bonds is 5. The smallest absolute Gasteiger partial charge is 0.409 e. The van der Waals surface area contributed by atoms with Gasteiger partial charge in [-0.3, -0.25) is 4.79 Å². The highest BCUT2D eigenvalue weighted by Gasteiger charge is 2.22. The summed E-state index contributed by atoms with van der Waals surface area (Å²) in [5.41, 5.74) is 0. The van der Waals surface area contributed by atoms with Crippen molar-refractivity contribution in [2.75, 3.05) is 32.8 Å². The third-order valence-corrected chi connectivity index (χ3v) is 3.00. The highest BCUT2D eigenvalue weighted by Crippen LogP contribution is 2.10. The van der Waals surface area contributed by atoms with E-state index < -0.39 is 0 Å². The molecule has 0 radical (unpaired) electrons. The summed E-state index contributed by atoms with van der Waals surface area (Å²) in [4.78, 5) is 24.2. The lowest BCUT2D eigenvalue weighted by molar-refractivity contribution is -0.121. The first-order valence-electron chi connectivity index (χ1n) is 6.06. The molecular formula is C11H18N2O4. The molecule has 6 nitrogen and oxygen atoms in total. The molecule has 2 saturated heterocycles. The van der Waals surface area contributed by atoms with E-state index in [-0.39, 0.29) is 18.1 Å². The lowest BCUT2D eigenvalue weighted by Crippen LogP contribution is -2.35. The molecule has 0 aromatic carbocycles. The second-order valence-corrected chi connectivity index (χ2v) is 4.29. The third-order valence-electron chi connectivity index (χ3n) is 3.00. The second-order valence-electron chi connectivity index (χ2n) is 4.29. The average molecular weight is 242 g/mol. The van der Waals surface area contributed by atoms with Crippen molar-refractivity contribution in [1.29, 1.82) is 0 Å². The maximum Gasteiger partial charge on any atom is 0.409 e. The van der Waals surface area contributed by atoms with Gasteiger partial charge in [0.1, 0.15) is 6.61 Å². The van der Waals surface area contributed by atoms with Crippen molar-refractivity contribution < 1.29 is 19.1 Å². The van der Waals surface area contributed by atoms with Gasteiger partial charge in [-0.2, -0.15) is 0 Å². The normalized spacial score (nSPS) is 23.9. The number of carbonyl (C=O) groups is 2. The molecule has 0 aromatic heterocycles. The molecule has 1 atom stereocenters. The Morgan fingerprint density at radius 1 is 1.47 bits per heavy atom. The Balaban J connectivity index is 1.58. The number of hydrogen-bond donors (Lipinski definition) is 1. The average Bonchev–Trinajstić information content (AvgIpc) is 2.95. The lowest BCUT2D eigenvalue weighted by Gasteiger charge is -2.13. The summed E-state index contributed by atoms with van der Waals surface area (Å²) in [6.45, 7) is 2.80. The number of carbonyl (C=O) groups excluding carboxylic acids is 2. The Bertz CT molecular complexity index is 289. The van der Waals surface area contributed by atoms with Crippen LogP contribution in [0.1, 0.15) is 19.3 Å². The van der Waals surface area contributed by atoms with Crippen LogP contribution < -0.4 is 5.32 Å². The highest BCUT2D eigenvalue weighted by molar-refractivity contribution is 5.77. The van der Waals surface area contributed by atoms with Gasteiger partial charge in [0.05, 0.1) is 12.6 Å². The van der Waals surface area contributed by atoms with E-state index in [0.717, 1.165) is 19.4 Å². The summed E-state index contributed by atoms with van der Waals surface area (Å²) in [5, 5.41) is 2.82. The van der Waals surface area contributed by atoms with Crippen LogP contribution in [0.15, 0.2) is 0 Å².